The summed E-state index contributed by atoms with van der Waals surface area (Å²) in [7, 11) is 0. The maximum atomic E-state index is 12.7. The van der Waals surface area contributed by atoms with E-state index in [4.69, 9.17) is 0 Å². The lowest BCUT2D eigenvalue weighted by Gasteiger charge is -2.44. The topological polar surface area (TPSA) is 74.3 Å². The molecule has 4 rings (SSSR count). The molecule has 1 spiro atoms. The van der Waals surface area contributed by atoms with E-state index in [1.54, 1.807) is 6.20 Å². The molecule has 0 radical (unpaired) electrons. The van der Waals surface area contributed by atoms with Crippen molar-refractivity contribution in [2.45, 2.75) is 31.7 Å². The summed E-state index contributed by atoms with van der Waals surface area (Å²) >= 11 is 0. The molecule has 3 heterocycles. The van der Waals surface area contributed by atoms with Crippen LogP contribution in [0.5, 0.6) is 0 Å². The Labute approximate surface area is 152 Å². The van der Waals surface area contributed by atoms with E-state index in [0.29, 0.717) is 32.4 Å². The highest BCUT2D eigenvalue weighted by molar-refractivity contribution is 6.06. The van der Waals surface area contributed by atoms with E-state index < -0.39 is 5.54 Å². The molecule has 134 valence electrons. The largest absolute Gasteiger partial charge is 0.369 e. The smallest absolute Gasteiger partial charge is 0.250 e. The number of piperidine rings is 1. The Bertz CT molecular complexity index is 856. The molecule has 0 atom stereocenters. The fourth-order valence-electron chi connectivity index (χ4n) is 3.71. The number of benzene rings is 1. The zero-order chi connectivity index (χ0) is 18.1. The van der Waals surface area contributed by atoms with Gasteiger partial charge in [-0.25, -0.2) is 0 Å². The van der Waals surface area contributed by atoms with Crippen LogP contribution < -0.4 is 10.6 Å². The molecule has 0 bridgehead atoms. The first kappa shape index (κ1) is 16.6. The number of aromatic nitrogens is 1. The molecule has 1 saturated heterocycles. The minimum absolute atomic E-state index is 0.0105. The van der Waals surface area contributed by atoms with Gasteiger partial charge in [-0.3, -0.25) is 14.6 Å². The summed E-state index contributed by atoms with van der Waals surface area (Å²) in [6.45, 7) is 3.12. The van der Waals surface area contributed by atoms with Crippen LogP contribution in [-0.2, 0) is 16.0 Å². The normalized spacial score (nSPS) is 18.0. The van der Waals surface area contributed by atoms with Crippen LogP contribution in [0.15, 0.2) is 42.6 Å². The van der Waals surface area contributed by atoms with E-state index in [2.05, 4.69) is 15.6 Å². The van der Waals surface area contributed by atoms with Crippen molar-refractivity contribution in [1.29, 1.82) is 0 Å². The van der Waals surface area contributed by atoms with Crippen LogP contribution in [0.3, 0.4) is 0 Å². The van der Waals surface area contributed by atoms with Gasteiger partial charge in [0, 0.05) is 25.0 Å². The molecule has 2 N–H and O–H groups in total. The Morgan fingerprint density at radius 3 is 2.65 bits per heavy atom. The number of pyridine rings is 1. The summed E-state index contributed by atoms with van der Waals surface area (Å²) in [5, 5.41) is 6.41. The third-order valence-electron chi connectivity index (χ3n) is 5.26. The molecule has 6 nitrogen and oxygen atoms in total. The first-order chi connectivity index (χ1) is 12.6. The Kier molecular flexibility index (Phi) is 4.11. The quantitative estimate of drug-likeness (QED) is 0.872. The van der Waals surface area contributed by atoms with Gasteiger partial charge in [0.25, 0.3) is 0 Å². The molecular weight excluding hydrogens is 328 g/mol. The van der Waals surface area contributed by atoms with Gasteiger partial charge in [0.1, 0.15) is 5.54 Å². The maximum Gasteiger partial charge on any atom is 0.250 e. The Morgan fingerprint density at radius 1 is 1.19 bits per heavy atom. The van der Waals surface area contributed by atoms with Gasteiger partial charge in [0.05, 0.1) is 17.8 Å². The van der Waals surface area contributed by atoms with Crippen molar-refractivity contribution in [2.24, 2.45) is 0 Å². The zero-order valence-corrected chi connectivity index (χ0v) is 14.8. The summed E-state index contributed by atoms with van der Waals surface area (Å²) in [5.41, 5.74) is 3.01. The van der Waals surface area contributed by atoms with Crippen LogP contribution in [-0.4, -0.2) is 40.3 Å². The molecule has 0 aliphatic carbocycles. The number of likely N-dealkylation sites (tertiary alicyclic amines) is 1. The molecule has 6 heteroatoms. The SMILES string of the molecule is Cc1ccnc(CC(=O)N2CCC3(CC2)Nc2ccccc2NC3=O)c1. The van der Waals surface area contributed by atoms with E-state index in [9.17, 15) is 9.59 Å². The molecule has 2 aliphatic heterocycles. The number of carbonyl (C=O) groups is 2. The maximum absolute atomic E-state index is 12.7. The molecule has 1 aromatic carbocycles. The number of hydrogen-bond acceptors (Lipinski definition) is 4. The monoisotopic (exact) mass is 350 g/mol. The number of amides is 2. The highest BCUT2D eigenvalue weighted by atomic mass is 16.2. The Balaban J connectivity index is 1.42. The second-order valence-corrected chi connectivity index (χ2v) is 7.09. The predicted octanol–water partition coefficient (Wildman–Crippen LogP) is 2.36. The molecule has 1 fully saturated rings. The van der Waals surface area contributed by atoms with Crippen molar-refractivity contribution in [2.75, 3.05) is 23.7 Å². The number of fused-ring (bicyclic) bond motifs is 1. The minimum atomic E-state index is -0.632. The number of nitrogens with zero attached hydrogens (tertiary/aromatic N) is 2. The van der Waals surface area contributed by atoms with E-state index in [-0.39, 0.29) is 11.8 Å². The van der Waals surface area contributed by atoms with Gasteiger partial charge in [-0.2, -0.15) is 0 Å². The van der Waals surface area contributed by atoms with Crippen LogP contribution in [0.4, 0.5) is 11.4 Å². The first-order valence-corrected chi connectivity index (χ1v) is 8.94. The Morgan fingerprint density at radius 2 is 1.92 bits per heavy atom. The molecular formula is C20H22N4O2. The number of anilines is 2. The second kappa shape index (κ2) is 6.44. The van der Waals surface area contributed by atoms with Crippen LogP contribution in [0.2, 0.25) is 0 Å². The summed E-state index contributed by atoms with van der Waals surface area (Å²) in [5.74, 6) is 0.0539. The zero-order valence-electron chi connectivity index (χ0n) is 14.8. The lowest BCUT2D eigenvalue weighted by Crippen LogP contribution is -2.59. The molecule has 2 aliphatic rings. The predicted molar refractivity (Wildman–Crippen MR) is 99.9 cm³/mol. The van der Waals surface area contributed by atoms with Gasteiger partial charge in [0.2, 0.25) is 11.8 Å². The van der Waals surface area contributed by atoms with Crippen LogP contribution in [0.25, 0.3) is 0 Å². The number of nitrogens with one attached hydrogen (secondary N) is 2. The molecule has 2 amide bonds. The molecule has 1 aromatic heterocycles. The number of aryl methyl sites for hydroxylation is 1. The fraction of sp³-hybridized carbons (Fsp3) is 0.350. The molecule has 2 aromatic rings. The Hall–Kier alpha value is -2.89. The molecule has 26 heavy (non-hydrogen) atoms. The van der Waals surface area contributed by atoms with Crippen molar-refractivity contribution in [3.63, 3.8) is 0 Å². The van der Waals surface area contributed by atoms with Crippen molar-refractivity contribution in [3.05, 3.63) is 53.9 Å². The highest BCUT2D eigenvalue weighted by Crippen LogP contribution is 2.36. The number of hydrogen-bond donors (Lipinski definition) is 2. The average Bonchev–Trinajstić information content (AvgIpc) is 2.63. The van der Waals surface area contributed by atoms with E-state index in [1.165, 1.54) is 0 Å². The standard InChI is InChI=1S/C20H22N4O2/c1-14-6-9-21-15(12-14)13-18(25)24-10-7-20(8-11-24)19(26)22-16-4-2-3-5-17(16)23-20/h2-6,9,12,23H,7-8,10-11,13H2,1H3,(H,22,26). The highest BCUT2D eigenvalue weighted by Gasteiger charge is 2.44. The third kappa shape index (κ3) is 3.03. The van der Waals surface area contributed by atoms with Gasteiger partial charge in [-0.05, 0) is 49.6 Å². The summed E-state index contributed by atoms with van der Waals surface area (Å²) in [6.07, 6.45) is 3.23. The van der Waals surface area contributed by atoms with Crippen molar-refractivity contribution < 1.29 is 9.59 Å². The second-order valence-electron chi connectivity index (χ2n) is 7.09. The fourth-order valence-corrected chi connectivity index (χ4v) is 3.71. The van der Waals surface area contributed by atoms with Crippen LogP contribution in [0, 0.1) is 6.92 Å². The third-order valence-corrected chi connectivity index (χ3v) is 5.26. The van der Waals surface area contributed by atoms with Crippen molar-refractivity contribution in [3.8, 4) is 0 Å². The van der Waals surface area contributed by atoms with Gasteiger partial charge < -0.3 is 15.5 Å². The van der Waals surface area contributed by atoms with E-state index in [1.807, 2.05) is 48.2 Å². The van der Waals surface area contributed by atoms with E-state index in [0.717, 1.165) is 22.6 Å². The lowest BCUT2D eigenvalue weighted by atomic mass is 9.84. The van der Waals surface area contributed by atoms with Gasteiger partial charge >= 0.3 is 0 Å². The average molecular weight is 350 g/mol. The summed E-state index contributed by atoms with van der Waals surface area (Å²) in [4.78, 5) is 31.4. The first-order valence-electron chi connectivity index (χ1n) is 8.94. The number of rotatable bonds is 2. The minimum Gasteiger partial charge on any atom is -0.369 e. The van der Waals surface area contributed by atoms with E-state index >= 15 is 0 Å². The van der Waals surface area contributed by atoms with Crippen LogP contribution >= 0.6 is 0 Å². The molecule has 0 unspecified atom stereocenters. The van der Waals surface area contributed by atoms with Gasteiger partial charge in [-0.1, -0.05) is 12.1 Å². The van der Waals surface area contributed by atoms with Gasteiger partial charge in [-0.15, -0.1) is 0 Å². The lowest BCUT2D eigenvalue weighted by molar-refractivity contribution is -0.134. The molecule has 0 saturated carbocycles. The van der Waals surface area contributed by atoms with Crippen molar-refractivity contribution in [1.82, 2.24) is 9.88 Å². The summed E-state index contributed by atoms with van der Waals surface area (Å²) in [6, 6.07) is 11.6. The van der Waals surface area contributed by atoms with Crippen molar-refractivity contribution >= 4 is 23.2 Å². The summed E-state index contributed by atoms with van der Waals surface area (Å²) < 4.78 is 0. The van der Waals surface area contributed by atoms with Crippen LogP contribution in [0.1, 0.15) is 24.1 Å². The number of para-hydroxylation sites is 2. The number of carbonyl (C=O) groups excluding carboxylic acids is 2. The van der Waals surface area contributed by atoms with Gasteiger partial charge in [0.15, 0.2) is 0 Å².